The Bertz CT molecular complexity index is 1030. The van der Waals surface area contributed by atoms with Crippen LogP contribution in [0, 0.1) is 0 Å². The molecule has 9 nitrogen and oxygen atoms in total. The second kappa shape index (κ2) is 9.74. The van der Waals surface area contributed by atoms with Crippen molar-refractivity contribution >= 4 is 17.8 Å². The number of fused-ring (bicyclic) bond motifs is 1. The number of piperazine rings is 1. The van der Waals surface area contributed by atoms with E-state index in [1.54, 1.807) is 35.4 Å². The molecule has 4 rings (SSSR count). The average molecular weight is 450 g/mol. The topological polar surface area (TPSA) is 105 Å². The molecule has 2 atom stereocenters. The first-order valence-corrected chi connectivity index (χ1v) is 10.8. The van der Waals surface area contributed by atoms with E-state index in [1.165, 1.54) is 9.91 Å². The first-order valence-electron chi connectivity index (χ1n) is 10.8. The summed E-state index contributed by atoms with van der Waals surface area (Å²) < 4.78 is 0. The van der Waals surface area contributed by atoms with Gasteiger partial charge in [0.15, 0.2) is 0 Å². The summed E-state index contributed by atoms with van der Waals surface area (Å²) in [6.07, 6.45) is 1.24. The molecular formula is C24H27N5O4. The lowest BCUT2D eigenvalue weighted by molar-refractivity contribution is -0.179. The first kappa shape index (κ1) is 22.3. The maximum atomic E-state index is 13.3. The maximum absolute atomic E-state index is 13.3. The van der Waals surface area contributed by atoms with E-state index in [2.05, 4.69) is 17.2 Å². The van der Waals surface area contributed by atoms with Crippen LogP contribution >= 0.6 is 0 Å². The lowest BCUT2D eigenvalue weighted by Gasteiger charge is -2.52. The Kier molecular flexibility index (Phi) is 6.60. The fourth-order valence-electron chi connectivity index (χ4n) is 4.26. The normalized spacial score (nSPS) is 20.7. The molecule has 2 fully saturated rings. The molecule has 0 aliphatic carbocycles. The van der Waals surface area contributed by atoms with Crippen molar-refractivity contribution in [3.05, 3.63) is 78.4 Å². The monoisotopic (exact) mass is 449 g/mol. The Labute approximate surface area is 192 Å². The van der Waals surface area contributed by atoms with Gasteiger partial charge in [-0.2, -0.15) is 0 Å². The average Bonchev–Trinajstić information content (AvgIpc) is 2.81. The Morgan fingerprint density at radius 3 is 2.55 bits per heavy atom. The summed E-state index contributed by atoms with van der Waals surface area (Å²) >= 11 is 0. The van der Waals surface area contributed by atoms with Crippen LogP contribution in [0.3, 0.4) is 0 Å². The predicted molar refractivity (Wildman–Crippen MR) is 122 cm³/mol. The van der Waals surface area contributed by atoms with Crippen LogP contribution in [0.5, 0.6) is 5.75 Å². The van der Waals surface area contributed by atoms with E-state index in [1.807, 2.05) is 30.3 Å². The molecule has 0 radical (unpaired) electrons. The summed E-state index contributed by atoms with van der Waals surface area (Å²) in [5.74, 6) is -0.373. The van der Waals surface area contributed by atoms with Crippen molar-refractivity contribution in [2.45, 2.75) is 25.2 Å². The molecule has 33 heavy (non-hydrogen) atoms. The van der Waals surface area contributed by atoms with Crippen LogP contribution in [0.15, 0.2) is 67.3 Å². The SMILES string of the molecule is C=CCN1CC(=O)N2[C@@H](Cc3ccc(O)cc3)C(=O)NC[C@@H]2N1C(=O)NCc1ccccc1. The van der Waals surface area contributed by atoms with Gasteiger partial charge in [0, 0.05) is 19.5 Å². The number of rotatable bonds is 6. The number of carbonyl (C=O) groups is 3. The van der Waals surface area contributed by atoms with E-state index in [-0.39, 0.29) is 43.1 Å². The number of aromatic hydroxyl groups is 1. The molecule has 0 unspecified atom stereocenters. The molecule has 2 aromatic carbocycles. The summed E-state index contributed by atoms with van der Waals surface area (Å²) in [6.45, 7) is 4.48. The third kappa shape index (κ3) is 4.83. The van der Waals surface area contributed by atoms with Gasteiger partial charge in [0.05, 0.1) is 13.1 Å². The van der Waals surface area contributed by atoms with E-state index in [9.17, 15) is 19.5 Å². The number of nitrogens with one attached hydrogen (secondary N) is 2. The summed E-state index contributed by atoms with van der Waals surface area (Å²) in [6, 6.07) is 14.9. The second-order valence-corrected chi connectivity index (χ2v) is 8.04. The van der Waals surface area contributed by atoms with Crippen molar-refractivity contribution in [3.63, 3.8) is 0 Å². The molecule has 9 heteroatoms. The fourth-order valence-corrected chi connectivity index (χ4v) is 4.26. The molecule has 0 saturated carbocycles. The van der Waals surface area contributed by atoms with Gasteiger partial charge in [-0.3, -0.25) is 9.59 Å². The van der Waals surface area contributed by atoms with Crippen LogP contribution in [0.25, 0.3) is 0 Å². The van der Waals surface area contributed by atoms with Crippen LogP contribution in [0.1, 0.15) is 11.1 Å². The Hall–Kier alpha value is -3.85. The minimum absolute atomic E-state index is 0.0410. The molecule has 2 aliphatic rings. The molecule has 172 valence electrons. The minimum Gasteiger partial charge on any atom is -0.508 e. The zero-order valence-corrected chi connectivity index (χ0v) is 18.2. The number of hydrazine groups is 1. The van der Waals surface area contributed by atoms with Crippen molar-refractivity contribution in [1.29, 1.82) is 0 Å². The largest absolute Gasteiger partial charge is 0.508 e. The third-order valence-electron chi connectivity index (χ3n) is 5.81. The fraction of sp³-hybridized carbons (Fsp3) is 0.292. The number of phenols is 1. The van der Waals surface area contributed by atoms with Crippen LogP contribution in [0.2, 0.25) is 0 Å². The highest BCUT2D eigenvalue weighted by molar-refractivity contribution is 5.91. The standard InChI is InChI=1S/C24H27N5O4/c1-2-12-27-16-22(31)28-20(13-17-8-10-19(30)11-9-17)23(32)25-15-21(28)29(27)24(33)26-14-18-6-4-3-5-7-18/h2-11,20-21,30H,1,12-16H2,(H,25,32)(H,26,33)/t20-,21-/m0/s1. The van der Waals surface area contributed by atoms with E-state index >= 15 is 0 Å². The summed E-state index contributed by atoms with van der Waals surface area (Å²) in [5, 5.41) is 18.5. The highest BCUT2D eigenvalue weighted by atomic mass is 16.3. The number of nitrogens with zero attached hydrogens (tertiary/aromatic N) is 3. The van der Waals surface area contributed by atoms with E-state index in [4.69, 9.17) is 0 Å². The number of urea groups is 1. The van der Waals surface area contributed by atoms with Gasteiger partial charge in [-0.05, 0) is 23.3 Å². The molecule has 0 bridgehead atoms. The third-order valence-corrected chi connectivity index (χ3v) is 5.81. The van der Waals surface area contributed by atoms with Crippen molar-refractivity contribution < 1.29 is 19.5 Å². The van der Waals surface area contributed by atoms with Gasteiger partial charge >= 0.3 is 6.03 Å². The highest BCUT2D eigenvalue weighted by Crippen LogP contribution is 2.25. The van der Waals surface area contributed by atoms with Gasteiger partial charge in [0.2, 0.25) is 11.8 Å². The van der Waals surface area contributed by atoms with Crippen molar-refractivity contribution in [1.82, 2.24) is 25.6 Å². The zero-order valence-electron chi connectivity index (χ0n) is 18.2. The molecular weight excluding hydrogens is 422 g/mol. The van der Waals surface area contributed by atoms with E-state index in [0.717, 1.165) is 11.1 Å². The van der Waals surface area contributed by atoms with E-state index in [0.29, 0.717) is 13.1 Å². The molecule has 0 spiro atoms. The lowest BCUT2D eigenvalue weighted by Crippen LogP contribution is -2.76. The minimum atomic E-state index is -0.768. The van der Waals surface area contributed by atoms with Crippen molar-refractivity contribution in [2.75, 3.05) is 19.6 Å². The number of amides is 4. The van der Waals surface area contributed by atoms with E-state index < -0.39 is 12.2 Å². The molecule has 2 heterocycles. The highest BCUT2D eigenvalue weighted by Gasteiger charge is 2.48. The Morgan fingerprint density at radius 1 is 1.12 bits per heavy atom. The summed E-state index contributed by atoms with van der Waals surface area (Å²) in [4.78, 5) is 40.7. The van der Waals surface area contributed by atoms with Gasteiger partial charge in [0.25, 0.3) is 0 Å². The predicted octanol–water partition coefficient (Wildman–Crippen LogP) is 1.22. The number of carbonyl (C=O) groups excluding carboxylic acids is 3. The van der Waals surface area contributed by atoms with Crippen LogP contribution in [0.4, 0.5) is 4.79 Å². The van der Waals surface area contributed by atoms with Crippen LogP contribution in [-0.2, 0) is 22.6 Å². The molecule has 2 saturated heterocycles. The van der Waals surface area contributed by atoms with Crippen LogP contribution in [-0.4, -0.2) is 69.7 Å². The molecule has 3 N–H and O–H groups in total. The second-order valence-electron chi connectivity index (χ2n) is 8.04. The first-order chi connectivity index (χ1) is 16.0. The number of hydrogen-bond donors (Lipinski definition) is 3. The van der Waals surface area contributed by atoms with Crippen molar-refractivity contribution in [2.24, 2.45) is 0 Å². The number of benzene rings is 2. The number of phenolic OH excluding ortho intramolecular Hbond substituents is 1. The molecule has 2 aromatic rings. The summed E-state index contributed by atoms with van der Waals surface area (Å²) in [5.41, 5.74) is 1.75. The van der Waals surface area contributed by atoms with Crippen molar-refractivity contribution in [3.8, 4) is 5.75 Å². The molecule has 0 aromatic heterocycles. The lowest BCUT2D eigenvalue weighted by atomic mass is 10.00. The maximum Gasteiger partial charge on any atom is 0.334 e. The van der Waals surface area contributed by atoms with Gasteiger partial charge in [-0.15, -0.1) is 6.58 Å². The summed E-state index contributed by atoms with van der Waals surface area (Å²) in [7, 11) is 0. The smallest absolute Gasteiger partial charge is 0.334 e. The quantitative estimate of drug-likeness (QED) is 0.575. The van der Waals surface area contributed by atoms with Crippen LogP contribution < -0.4 is 10.6 Å². The van der Waals surface area contributed by atoms with Gasteiger partial charge in [0.1, 0.15) is 18.0 Å². The zero-order chi connectivity index (χ0) is 23.4. The van der Waals surface area contributed by atoms with Gasteiger partial charge in [-0.25, -0.2) is 14.8 Å². The van der Waals surface area contributed by atoms with Gasteiger partial charge < -0.3 is 20.6 Å². The molecule has 2 aliphatic heterocycles. The molecule has 4 amide bonds. The Balaban J connectivity index is 1.57. The van der Waals surface area contributed by atoms with Gasteiger partial charge in [-0.1, -0.05) is 48.5 Å². The number of hydrogen-bond acceptors (Lipinski definition) is 5. The Morgan fingerprint density at radius 2 is 1.85 bits per heavy atom.